The van der Waals surface area contributed by atoms with Gasteiger partial charge in [0.25, 0.3) is 0 Å². The summed E-state index contributed by atoms with van der Waals surface area (Å²) in [5.74, 6) is 3.70. The summed E-state index contributed by atoms with van der Waals surface area (Å²) in [5.41, 5.74) is 0. The zero-order valence-corrected chi connectivity index (χ0v) is 12.8. The van der Waals surface area contributed by atoms with Gasteiger partial charge in [0.2, 0.25) is 0 Å². The fraction of sp³-hybridized carbons (Fsp3) is 0.737. The van der Waals surface area contributed by atoms with Gasteiger partial charge in [0.15, 0.2) is 0 Å². The van der Waals surface area contributed by atoms with Gasteiger partial charge in [-0.05, 0) is 47.3 Å². The molecular formula is C19H18O4. The van der Waals surface area contributed by atoms with E-state index < -0.39 is 6.10 Å². The van der Waals surface area contributed by atoms with Gasteiger partial charge in [-0.2, -0.15) is 0 Å². The zero-order valence-electron chi connectivity index (χ0n) is 12.8. The summed E-state index contributed by atoms with van der Waals surface area (Å²) in [6, 6.07) is 0. The number of carbonyl (C=O) groups is 3. The lowest BCUT2D eigenvalue weighted by molar-refractivity contribution is -0.154. The van der Waals surface area contributed by atoms with Crippen LogP contribution in [0, 0.1) is 71.0 Å². The Morgan fingerprint density at radius 3 is 1.74 bits per heavy atom. The number of ether oxygens (including phenoxy) is 1. The van der Waals surface area contributed by atoms with Crippen LogP contribution in [0.25, 0.3) is 0 Å². The van der Waals surface area contributed by atoms with Crippen LogP contribution >= 0.6 is 0 Å². The number of allylic oxidation sites excluding steroid dienone is 2. The summed E-state index contributed by atoms with van der Waals surface area (Å²) in [6.45, 7) is 1.40. The summed E-state index contributed by atoms with van der Waals surface area (Å²) >= 11 is 0. The second-order valence-corrected chi connectivity index (χ2v) is 8.99. The molecule has 13 atom stereocenters. The maximum atomic E-state index is 13.2. The van der Waals surface area contributed by atoms with E-state index >= 15 is 0 Å². The van der Waals surface area contributed by atoms with Gasteiger partial charge in [-0.3, -0.25) is 14.4 Å². The number of esters is 1. The highest BCUT2D eigenvalue weighted by atomic mass is 16.5. The van der Waals surface area contributed by atoms with Gasteiger partial charge in [-0.15, -0.1) is 0 Å². The normalized spacial score (nSPS) is 67.1. The molecule has 7 aliphatic rings. The monoisotopic (exact) mass is 310 g/mol. The average Bonchev–Trinajstić information content (AvgIpc) is 3.20. The van der Waals surface area contributed by atoms with Crippen molar-refractivity contribution >= 4 is 17.5 Å². The number of carbonyl (C=O) groups excluding carboxylic acids is 3. The van der Waals surface area contributed by atoms with Crippen LogP contribution in [0.4, 0.5) is 0 Å². The molecule has 0 aromatic carbocycles. The molecule has 0 N–H and O–H groups in total. The van der Waals surface area contributed by atoms with Crippen molar-refractivity contribution in [3.05, 3.63) is 12.2 Å². The maximum absolute atomic E-state index is 13.2. The van der Waals surface area contributed by atoms with Crippen LogP contribution in [-0.4, -0.2) is 23.6 Å². The second kappa shape index (κ2) is 3.20. The number of fused-ring (bicyclic) bond motifs is 2. The first-order chi connectivity index (χ1) is 11.1. The molecule has 0 aromatic heterocycles. The van der Waals surface area contributed by atoms with E-state index in [9.17, 15) is 14.4 Å². The summed E-state index contributed by atoms with van der Waals surface area (Å²) in [5, 5.41) is 0. The first-order valence-electron chi connectivity index (χ1n) is 9.04. The Morgan fingerprint density at radius 1 is 0.783 bits per heavy atom. The third-order valence-electron chi connectivity index (χ3n) is 8.92. The molecule has 6 saturated carbocycles. The number of Topliss-reactive ketones (excluding diaryl/α,β-unsaturated/α-hetero) is 2. The van der Waals surface area contributed by atoms with Crippen molar-refractivity contribution in [2.24, 2.45) is 71.0 Å². The third-order valence-corrected chi connectivity index (χ3v) is 8.92. The average molecular weight is 310 g/mol. The molecule has 4 nitrogen and oxygen atoms in total. The molecule has 0 saturated heterocycles. The molecule has 0 bridgehead atoms. The lowest BCUT2D eigenvalue weighted by Gasteiger charge is -2.28. The highest BCUT2D eigenvalue weighted by molar-refractivity contribution is 5.96. The number of rotatable bonds is 1. The van der Waals surface area contributed by atoms with Crippen molar-refractivity contribution in [2.45, 2.75) is 13.0 Å². The van der Waals surface area contributed by atoms with Crippen LogP contribution in [0.1, 0.15) is 6.92 Å². The van der Waals surface area contributed by atoms with Crippen molar-refractivity contribution in [1.82, 2.24) is 0 Å². The fourth-order valence-corrected chi connectivity index (χ4v) is 9.13. The lowest BCUT2D eigenvalue weighted by Crippen LogP contribution is -2.39. The zero-order chi connectivity index (χ0) is 15.4. The van der Waals surface area contributed by atoms with E-state index in [0.29, 0.717) is 58.9 Å². The van der Waals surface area contributed by atoms with Crippen molar-refractivity contribution in [2.75, 3.05) is 0 Å². The molecule has 4 heteroatoms. The van der Waals surface area contributed by atoms with Gasteiger partial charge in [0.1, 0.15) is 17.7 Å². The molecule has 0 aromatic rings. The van der Waals surface area contributed by atoms with Gasteiger partial charge >= 0.3 is 5.97 Å². The molecule has 0 heterocycles. The smallest absolute Gasteiger partial charge is 0.302 e. The highest BCUT2D eigenvalue weighted by Gasteiger charge is 2.85. The van der Waals surface area contributed by atoms with Crippen LogP contribution in [-0.2, 0) is 19.1 Å². The Labute approximate surface area is 133 Å². The molecule has 6 fully saturated rings. The number of hydrogen-bond donors (Lipinski definition) is 0. The molecule has 7 rings (SSSR count). The van der Waals surface area contributed by atoms with Crippen molar-refractivity contribution in [1.29, 1.82) is 0 Å². The Kier molecular flexibility index (Phi) is 1.67. The quantitative estimate of drug-likeness (QED) is 0.537. The van der Waals surface area contributed by atoms with Crippen molar-refractivity contribution in [3.8, 4) is 0 Å². The fourth-order valence-electron chi connectivity index (χ4n) is 9.13. The predicted octanol–water partition coefficient (Wildman–Crippen LogP) is 1.10. The summed E-state index contributed by atoms with van der Waals surface area (Å²) in [7, 11) is 0. The standard InChI is InChI=1S/C19H18O4/c1-4(20)23-19-15-13-11-8(17(15)21)5-2-3-6-7(5)10(11)12-9(6)18(22)16(19)14(12)13/h2-3,5-16,19H,1H3/t5-,6-,7?,8-,9+,10?,11-,12-,13+,14-,15-,16+,19?/m0/s1. The van der Waals surface area contributed by atoms with Crippen LogP contribution in [0.5, 0.6) is 0 Å². The maximum Gasteiger partial charge on any atom is 0.302 e. The van der Waals surface area contributed by atoms with E-state index in [-0.39, 0.29) is 29.6 Å². The Balaban J connectivity index is 1.50. The van der Waals surface area contributed by atoms with Gasteiger partial charge in [0.05, 0.1) is 11.8 Å². The summed E-state index contributed by atoms with van der Waals surface area (Å²) < 4.78 is 5.61. The van der Waals surface area contributed by atoms with E-state index in [1.165, 1.54) is 6.92 Å². The first kappa shape index (κ1) is 12.0. The molecule has 23 heavy (non-hydrogen) atoms. The van der Waals surface area contributed by atoms with E-state index in [0.717, 1.165) is 0 Å². The summed E-state index contributed by atoms with van der Waals surface area (Å²) in [6.07, 6.45) is 4.05. The molecule has 118 valence electrons. The Morgan fingerprint density at radius 2 is 1.26 bits per heavy atom. The molecule has 7 aliphatic carbocycles. The lowest BCUT2D eigenvalue weighted by atomic mass is 9.78. The van der Waals surface area contributed by atoms with E-state index in [1.54, 1.807) is 0 Å². The van der Waals surface area contributed by atoms with Crippen molar-refractivity contribution < 1.29 is 19.1 Å². The number of ketones is 2. The third kappa shape index (κ3) is 0.923. The SMILES string of the molecule is CC(=O)OC1[C@H]2C(=O)[C@H]3[C@H]4C5C6[C@H](C=C[C@@H]63)[C@@H]3C(=O)[C@@H]1[C@H]([C@H]53)[C@H]42. The number of hydrogen-bond acceptors (Lipinski definition) is 4. The van der Waals surface area contributed by atoms with Gasteiger partial charge in [-0.25, -0.2) is 0 Å². The molecule has 0 spiro atoms. The predicted molar refractivity (Wildman–Crippen MR) is 76.6 cm³/mol. The minimum atomic E-state index is -0.461. The van der Waals surface area contributed by atoms with Crippen LogP contribution in [0.3, 0.4) is 0 Å². The van der Waals surface area contributed by atoms with Crippen LogP contribution in [0.15, 0.2) is 12.2 Å². The van der Waals surface area contributed by atoms with Crippen LogP contribution in [0.2, 0.25) is 0 Å². The van der Waals surface area contributed by atoms with E-state index in [1.807, 2.05) is 0 Å². The van der Waals surface area contributed by atoms with E-state index in [4.69, 9.17) is 4.74 Å². The van der Waals surface area contributed by atoms with E-state index in [2.05, 4.69) is 12.2 Å². The molecule has 0 aliphatic heterocycles. The van der Waals surface area contributed by atoms with Crippen LogP contribution < -0.4 is 0 Å². The highest BCUT2D eigenvalue weighted by Crippen LogP contribution is 2.82. The van der Waals surface area contributed by atoms with Gasteiger partial charge in [-0.1, -0.05) is 12.2 Å². The van der Waals surface area contributed by atoms with Crippen molar-refractivity contribution in [3.63, 3.8) is 0 Å². The molecule has 0 radical (unpaired) electrons. The molecule has 0 amide bonds. The van der Waals surface area contributed by atoms with Gasteiger partial charge < -0.3 is 4.74 Å². The topological polar surface area (TPSA) is 60.4 Å². The van der Waals surface area contributed by atoms with Gasteiger partial charge in [0, 0.05) is 18.8 Å². The Hall–Kier alpha value is -1.45. The molecule has 3 unspecified atom stereocenters. The summed E-state index contributed by atoms with van der Waals surface area (Å²) in [4.78, 5) is 38.1. The second-order valence-electron chi connectivity index (χ2n) is 8.99. The largest absolute Gasteiger partial charge is 0.461 e. The first-order valence-corrected chi connectivity index (χ1v) is 9.04. The molecular weight excluding hydrogens is 292 g/mol. The Bertz CT molecular complexity index is 700. The minimum Gasteiger partial charge on any atom is -0.461 e. The minimum absolute atomic E-state index is 0.155.